The predicted molar refractivity (Wildman–Crippen MR) is 78.3 cm³/mol. The summed E-state index contributed by atoms with van der Waals surface area (Å²) < 4.78 is 0.843. The maximum absolute atomic E-state index is 12.4. The highest BCUT2D eigenvalue weighted by molar-refractivity contribution is 9.10. The Labute approximate surface area is 121 Å². The monoisotopic (exact) mass is 335 g/mol. The molecule has 0 radical (unpaired) electrons. The second-order valence-corrected chi connectivity index (χ2v) is 5.18. The zero-order chi connectivity index (χ0) is 13.4. The summed E-state index contributed by atoms with van der Waals surface area (Å²) in [5.41, 5.74) is 1.63. The van der Waals surface area contributed by atoms with Crippen molar-refractivity contribution >= 4 is 38.4 Å². The number of halogens is 2. The summed E-state index contributed by atoms with van der Waals surface area (Å²) >= 11 is 9.09. The number of hydrogen-bond acceptors (Lipinski definition) is 3. The first-order valence-electron chi connectivity index (χ1n) is 5.46. The highest BCUT2D eigenvalue weighted by atomic mass is 79.9. The van der Waals surface area contributed by atoms with Crippen molar-refractivity contribution in [2.24, 2.45) is 0 Å². The topological polar surface area (TPSA) is 58.6 Å². The van der Waals surface area contributed by atoms with E-state index in [4.69, 9.17) is 11.6 Å². The van der Waals surface area contributed by atoms with E-state index >= 15 is 0 Å². The van der Waals surface area contributed by atoms with Crippen molar-refractivity contribution in [3.8, 4) is 11.3 Å². The van der Waals surface area contributed by atoms with Gasteiger partial charge in [-0.05, 0) is 40.2 Å². The lowest BCUT2D eigenvalue weighted by Crippen LogP contribution is -2.07. The molecule has 2 aromatic heterocycles. The van der Waals surface area contributed by atoms with Gasteiger partial charge < -0.3 is 4.98 Å². The van der Waals surface area contributed by atoms with Crippen LogP contribution >= 0.6 is 27.5 Å². The summed E-state index contributed by atoms with van der Waals surface area (Å²) in [6, 6.07) is 8.74. The highest BCUT2D eigenvalue weighted by Gasteiger charge is 2.10. The molecule has 0 spiro atoms. The number of fused-ring (bicyclic) bond motifs is 1. The molecule has 3 rings (SSSR count). The van der Waals surface area contributed by atoms with Gasteiger partial charge in [0, 0.05) is 16.1 Å². The SMILES string of the molecule is O=c1c(-c2ccc(Cl)nn2)c[nH]c2c(Br)cccc12. The number of benzene rings is 1. The summed E-state index contributed by atoms with van der Waals surface area (Å²) in [6.45, 7) is 0. The zero-order valence-electron chi connectivity index (χ0n) is 9.52. The van der Waals surface area contributed by atoms with Crippen LogP contribution in [0.1, 0.15) is 0 Å². The first-order valence-corrected chi connectivity index (χ1v) is 6.63. The molecule has 2 heterocycles. The molecule has 6 heteroatoms. The van der Waals surface area contributed by atoms with E-state index in [2.05, 4.69) is 31.1 Å². The average Bonchev–Trinajstić information content (AvgIpc) is 2.42. The van der Waals surface area contributed by atoms with Crippen LogP contribution in [0.4, 0.5) is 0 Å². The molecular formula is C13H7BrClN3O. The fourth-order valence-electron chi connectivity index (χ4n) is 1.86. The fourth-order valence-corrected chi connectivity index (χ4v) is 2.45. The Morgan fingerprint density at radius 3 is 2.74 bits per heavy atom. The maximum atomic E-state index is 12.4. The minimum absolute atomic E-state index is 0.0910. The van der Waals surface area contributed by atoms with E-state index in [-0.39, 0.29) is 5.43 Å². The minimum atomic E-state index is -0.0910. The van der Waals surface area contributed by atoms with E-state index in [9.17, 15) is 4.79 Å². The molecule has 4 nitrogen and oxygen atoms in total. The Bertz CT molecular complexity index is 814. The number of hydrogen-bond donors (Lipinski definition) is 1. The van der Waals surface area contributed by atoms with Crippen molar-refractivity contribution in [1.29, 1.82) is 0 Å². The van der Waals surface area contributed by atoms with Gasteiger partial charge >= 0.3 is 0 Å². The number of H-pyrrole nitrogens is 1. The van der Waals surface area contributed by atoms with Gasteiger partial charge in [-0.15, -0.1) is 10.2 Å². The third kappa shape index (κ3) is 2.15. The largest absolute Gasteiger partial charge is 0.359 e. The summed E-state index contributed by atoms with van der Waals surface area (Å²) in [4.78, 5) is 15.5. The van der Waals surface area contributed by atoms with E-state index in [0.717, 1.165) is 9.99 Å². The molecule has 1 aromatic carbocycles. The van der Waals surface area contributed by atoms with Crippen LogP contribution in [-0.2, 0) is 0 Å². The molecule has 3 aromatic rings. The van der Waals surface area contributed by atoms with Crippen molar-refractivity contribution in [3.63, 3.8) is 0 Å². The van der Waals surface area contributed by atoms with Crippen LogP contribution in [-0.4, -0.2) is 15.2 Å². The molecule has 0 aliphatic rings. The van der Waals surface area contributed by atoms with E-state index in [1.54, 1.807) is 24.4 Å². The maximum Gasteiger partial charge on any atom is 0.198 e. The molecule has 0 unspecified atom stereocenters. The molecule has 0 saturated carbocycles. The lowest BCUT2D eigenvalue weighted by atomic mass is 10.1. The van der Waals surface area contributed by atoms with Gasteiger partial charge in [-0.1, -0.05) is 17.7 Å². The van der Waals surface area contributed by atoms with Crippen molar-refractivity contribution in [3.05, 3.63) is 56.4 Å². The molecule has 1 N–H and O–H groups in total. The van der Waals surface area contributed by atoms with Gasteiger partial charge in [0.25, 0.3) is 0 Å². The quantitative estimate of drug-likeness (QED) is 0.741. The normalized spacial score (nSPS) is 10.8. The smallest absolute Gasteiger partial charge is 0.198 e. The molecule has 0 aliphatic carbocycles. The van der Waals surface area contributed by atoms with Crippen LogP contribution in [0.15, 0.2) is 45.8 Å². The Kier molecular flexibility index (Phi) is 3.08. The van der Waals surface area contributed by atoms with E-state index in [1.165, 1.54) is 0 Å². The summed E-state index contributed by atoms with van der Waals surface area (Å²) in [6.07, 6.45) is 1.63. The number of aromatic nitrogens is 3. The van der Waals surface area contributed by atoms with Crippen LogP contribution in [0.5, 0.6) is 0 Å². The van der Waals surface area contributed by atoms with Crippen molar-refractivity contribution in [2.45, 2.75) is 0 Å². The van der Waals surface area contributed by atoms with E-state index in [0.29, 0.717) is 21.8 Å². The highest BCUT2D eigenvalue weighted by Crippen LogP contribution is 2.22. The van der Waals surface area contributed by atoms with Gasteiger partial charge in [0.2, 0.25) is 0 Å². The van der Waals surface area contributed by atoms with Crippen molar-refractivity contribution < 1.29 is 0 Å². The standard InChI is InChI=1S/C13H7BrClN3O/c14-9-3-1-2-7-12(9)16-6-8(13(7)19)10-4-5-11(15)18-17-10/h1-6H,(H,16,19). The van der Waals surface area contributed by atoms with Crippen LogP contribution in [0.25, 0.3) is 22.2 Å². The van der Waals surface area contributed by atoms with Crippen LogP contribution in [0.2, 0.25) is 5.15 Å². The van der Waals surface area contributed by atoms with Gasteiger partial charge in [-0.25, -0.2) is 0 Å². The zero-order valence-corrected chi connectivity index (χ0v) is 11.9. The summed E-state index contributed by atoms with van der Waals surface area (Å²) in [7, 11) is 0. The third-order valence-corrected chi connectivity index (χ3v) is 3.63. The molecule has 0 amide bonds. The fraction of sp³-hybridized carbons (Fsp3) is 0. The van der Waals surface area contributed by atoms with Gasteiger partial charge in [-0.3, -0.25) is 4.79 Å². The van der Waals surface area contributed by atoms with Crippen molar-refractivity contribution in [2.75, 3.05) is 0 Å². The Morgan fingerprint density at radius 2 is 2.00 bits per heavy atom. The molecular weight excluding hydrogens is 330 g/mol. The second-order valence-electron chi connectivity index (χ2n) is 3.94. The summed E-state index contributed by atoms with van der Waals surface area (Å²) in [5.74, 6) is 0. The van der Waals surface area contributed by atoms with Gasteiger partial charge in [0.15, 0.2) is 10.6 Å². The minimum Gasteiger partial charge on any atom is -0.359 e. The molecule has 0 saturated heterocycles. The molecule has 0 fully saturated rings. The summed E-state index contributed by atoms with van der Waals surface area (Å²) in [5, 5.41) is 8.57. The van der Waals surface area contributed by atoms with Gasteiger partial charge in [-0.2, -0.15) is 0 Å². The van der Waals surface area contributed by atoms with Crippen molar-refractivity contribution in [1.82, 2.24) is 15.2 Å². The predicted octanol–water partition coefficient (Wildman–Crippen LogP) is 3.40. The number of para-hydroxylation sites is 1. The van der Waals surface area contributed by atoms with Gasteiger partial charge in [0.1, 0.15) is 0 Å². The molecule has 0 atom stereocenters. The Hall–Kier alpha value is -1.72. The number of nitrogens with one attached hydrogen (secondary N) is 1. The first-order chi connectivity index (χ1) is 9.16. The number of rotatable bonds is 1. The van der Waals surface area contributed by atoms with Gasteiger partial charge in [0.05, 0.1) is 16.8 Å². The average molecular weight is 337 g/mol. The van der Waals surface area contributed by atoms with E-state index < -0.39 is 0 Å². The van der Waals surface area contributed by atoms with Crippen LogP contribution < -0.4 is 5.43 Å². The molecule has 0 bridgehead atoms. The Balaban J connectivity index is 2.29. The molecule has 0 aliphatic heterocycles. The molecule has 19 heavy (non-hydrogen) atoms. The molecule has 94 valence electrons. The second kappa shape index (κ2) is 4.75. The van der Waals surface area contributed by atoms with Crippen LogP contribution in [0, 0.1) is 0 Å². The van der Waals surface area contributed by atoms with Crippen LogP contribution in [0.3, 0.4) is 0 Å². The first kappa shape index (κ1) is 12.3. The number of pyridine rings is 1. The van der Waals surface area contributed by atoms with E-state index in [1.807, 2.05) is 12.1 Å². The Morgan fingerprint density at radius 1 is 1.16 bits per heavy atom. The third-order valence-electron chi connectivity index (χ3n) is 2.77. The lowest BCUT2D eigenvalue weighted by molar-refractivity contribution is 1.04. The number of aromatic amines is 1. The number of nitrogens with zero attached hydrogens (tertiary/aromatic N) is 2. The lowest BCUT2D eigenvalue weighted by Gasteiger charge is -2.03.